The summed E-state index contributed by atoms with van der Waals surface area (Å²) >= 11 is 0. The fourth-order valence-electron chi connectivity index (χ4n) is 2.66. The molecular weight excluding hydrogens is 321 g/mol. The summed E-state index contributed by atoms with van der Waals surface area (Å²) in [5.74, 6) is -2.22. The number of hydrogen-bond acceptors (Lipinski definition) is 3. The molecule has 7 heteroatoms. The zero-order valence-corrected chi connectivity index (χ0v) is 12.8. The molecule has 120 valence electrons. The van der Waals surface area contributed by atoms with Gasteiger partial charge in [-0.15, -0.1) is 0 Å². The van der Waals surface area contributed by atoms with Gasteiger partial charge in [-0.25, -0.2) is 12.8 Å². The van der Waals surface area contributed by atoms with Crippen molar-refractivity contribution in [3.05, 3.63) is 66.0 Å². The average molecular weight is 335 g/mol. The van der Waals surface area contributed by atoms with Crippen molar-refractivity contribution >= 4 is 16.0 Å². The number of halogens is 1. The number of sulfonamides is 1. The van der Waals surface area contributed by atoms with Crippen molar-refractivity contribution < 1.29 is 22.7 Å². The number of carboxylic acid groups (broad SMARTS) is 1. The van der Waals surface area contributed by atoms with Crippen LogP contribution in [0.15, 0.2) is 59.5 Å². The highest BCUT2D eigenvalue weighted by Crippen LogP contribution is 2.52. The van der Waals surface area contributed by atoms with Crippen LogP contribution >= 0.6 is 0 Å². The van der Waals surface area contributed by atoms with Crippen molar-refractivity contribution in [3.8, 4) is 0 Å². The summed E-state index contributed by atoms with van der Waals surface area (Å²) in [6.07, 6.45) is 0.173. The molecule has 1 fully saturated rings. The molecule has 2 N–H and O–H groups in total. The summed E-state index contributed by atoms with van der Waals surface area (Å²) < 4.78 is 40.0. The summed E-state index contributed by atoms with van der Waals surface area (Å²) in [4.78, 5) is 11.5. The van der Waals surface area contributed by atoms with Gasteiger partial charge in [0.05, 0.1) is 4.90 Å². The number of benzene rings is 2. The second kappa shape index (κ2) is 5.43. The molecule has 2 aromatic rings. The van der Waals surface area contributed by atoms with E-state index >= 15 is 0 Å². The van der Waals surface area contributed by atoms with Crippen molar-refractivity contribution in [1.29, 1.82) is 0 Å². The molecule has 0 aromatic heterocycles. The topological polar surface area (TPSA) is 83.5 Å². The molecule has 1 aliphatic carbocycles. The van der Waals surface area contributed by atoms with E-state index in [1.54, 1.807) is 30.3 Å². The quantitative estimate of drug-likeness (QED) is 0.877. The first-order valence-corrected chi connectivity index (χ1v) is 8.41. The van der Waals surface area contributed by atoms with Gasteiger partial charge in [0, 0.05) is 5.92 Å². The third kappa shape index (κ3) is 2.85. The van der Waals surface area contributed by atoms with Crippen molar-refractivity contribution in [1.82, 2.24) is 4.72 Å². The first kappa shape index (κ1) is 15.6. The predicted octanol–water partition coefficient (Wildman–Crippen LogP) is 2.11. The Morgan fingerprint density at radius 3 is 2.30 bits per heavy atom. The van der Waals surface area contributed by atoms with Gasteiger partial charge in [0.25, 0.3) is 0 Å². The lowest BCUT2D eigenvalue weighted by atomic mass is 10.1. The molecule has 0 spiro atoms. The lowest BCUT2D eigenvalue weighted by Crippen LogP contribution is -2.44. The molecule has 0 heterocycles. The van der Waals surface area contributed by atoms with Crippen LogP contribution in [-0.2, 0) is 14.8 Å². The summed E-state index contributed by atoms with van der Waals surface area (Å²) in [7, 11) is -4.06. The zero-order valence-electron chi connectivity index (χ0n) is 11.9. The Morgan fingerprint density at radius 1 is 1.13 bits per heavy atom. The van der Waals surface area contributed by atoms with Crippen LogP contribution in [0.3, 0.4) is 0 Å². The SMILES string of the molecule is O=C(O)C1(NS(=O)(=O)c2ccc(F)cc2)CC1c1ccccc1. The third-order valence-corrected chi connectivity index (χ3v) is 5.51. The molecule has 23 heavy (non-hydrogen) atoms. The fraction of sp³-hybridized carbons (Fsp3) is 0.188. The van der Waals surface area contributed by atoms with Gasteiger partial charge < -0.3 is 5.11 Å². The second-order valence-corrected chi connectivity index (χ2v) is 7.19. The van der Waals surface area contributed by atoms with Gasteiger partial charge in [-0.3, -0.25) is 4.79 Å². The van der Waals surface area contributed by atoms with Crippen LogP contribution < -0.4 is 4.72 Å². The maximum atomic E-state index is 12.9. The highest BCUT2D eigenvalue weighted by Gasteiger charge is 2.63. The number of carbonyl (C=O) groups is 1. The maximum Gasteiger partial charge on any atom is 0.325 e. The highest BCUT2D eigenvalue weighted by molar-refractivity contribution is 7.89. The van der Waals surface area contributed by atoms with Gasteiger partial charge in [-0.05, 0) is 36.2 Å². The van der Waals surface area contributed by atoms with Crippen molar-refractivity contribution in [2.24, 2.45) is 0 Å². The van der Waals surface area contributed by atoms with Gasteiger partial charge in [0.1, 0.15) is 11.4 Å². The van der Waals surface area contributed by atoms with Crippen LogP contribution in [0, 0.1) is 5.82 Å². The van der Waals surface area contributed by atoms with Crippen LogP contribution in [0.2, 0.25) is 0 Å². The number of hydrogen-bond donors (Lipinski definition) is 2. The minimum absolute atomic E-state index is 0.168. The molecule has 1 saturated carbocycles. The Balaban J connectivity index is 1.90. The molecule has 0 saturated heterocycles. The molecule has 3 rings (SSSR count). The van der Waals surface area contributed by atoms with Crippen LogP contribution in [0.5, 0.6) is 0 Å². The molecule has 2 atom stereocenters. The number of carboxylic acids is 1. The molecule has 0 radical (unpaired) electrons. The van der Waals surface area contributed by atoms with Crippen LogP contribution in [0.1, 0.15) is 17.9 Å². The Hall–Kier alpha value is -2.25. The molecule has 0 aliphatic heterocycles. The lowest BCUT2D eigenvalue weighted by molar-refractivity contribution is -0.140. The van der Waals surface area contributed by atoms with Crippen LogP contribution in [0.25, 0.3) is 0 Å². The molecule has 2 aromatic carbocycles. The lowest BCUT2D eigenvalue weighted by Gasteiger charge is -2.15. The molecule has 0 amide bonds. The molecule has 0 bridgehead atoms. The minimum Gasteiger partial charge on any atom is -0.480 e. The second-order valence-electron chi connectivity index (χ2n) is 5.50. The van der Waals surface area contributed by atoms with E-state index in [0.29, 0.717) is 0 Å². The fourth-order valence-corrected chi connectivity index (χ4v) is 4.06. The Kier molecular flexibility index (Phi) is 3.69. The normalized spacial score (nSPS) is 23.4. The van der Waals surface area contributed by atoms with E-state index in [-0.39, 0.29) is 11.3 Å². The van der Waals surface area contributed by atoms with E-state index in [2.05, 4.69) is 4.72 Å². The van der Waals surface area contributed by atoms with E-state index in [4.69, 9.17) is 0 Å². The van der Waals surface area contributed by atoms with Gasteiger partial charge in [-0.2, -0.15) is 4.72 Å². The molecular formula is C16H14FNO4S. The first-order chi connectivity index (χ1) is 10.8. The molecule has 5 nitrogen and oxygen atoms in total. The monoisotopic (exact) mass is 335 g/mol. The van der Waals surface area contributed by atoms with E-state index in [0.717, 1.165) is 29.8 Å². The van der Waals surface area contributed by atoms with E-state index in [1.165, 1.54) is 0 Å². The van der Waals surface area contributed by atoms with Crippen molar-refractivity contribution in [2.75, 3.05) is 0 Å². The predicted molar refractivity (Wildman–Crippen MR) is 80.9 cm³/mol. The Bertz CT molecular complexity index is 836. The van der Waals surface area contributed by atoms with Crippen molar-refractivity contribution in [2.45, 2.75) is 22.8 Å². The van der Waals surface area contributed by atoms with Gasteiger partial charge in [-0.1, -0.05) is 30.3 Å². The number of nitrogens with one attached hydrogen (secondary N) is 1. The summed E-state index contributed by atoms with van der Waals surface area (Å²) in [6, 6.07) is 13.1. The summed E-state index contributed by atoms with van der Waals surface area (Å²) in [6.45, 7) is 0. The smallest absolute Gasteiger partial charge is 0.325 e. The Labute approximate surface area is 132 Å². The standard InChI is InChI=1S/C16H14FNO4S/c17-12-6-8-13(9-7-12)23(21,22)18-16(15(19)20)10-14(16)11-4-2-1-3-5-11/h1-9,14,18H,10H2,(H,19,20). The van der Waals surface area contributed by atoms with Gasteiger partial charge in [0.2, 0.25) is 10.0 Å². The zero-order chi connectivity index (χ0) is 16.7. The number of aliphatic carboxylic acids is 1. The van der Waals surface area contributed by atoms with Crippen LogP contribution in [-0.4, -0.2) is 25.0 Å². The molecule has 1 aliphatic rings. The van der Waals surface area contributed by atoms with Gasteiger partial charge in [0.15, 0.2) is 0 Å². The Morgan fingerprint density at radius 2 is 1.74 bits per heavy atom. The van der Waals surface area contributed by atoms with Crippen molar-refractivity contribution in [3.63, 3.8) is 0 Å². The largest absolute Gasteiger partial charge is 0.480 e. The van der Waals surface area contributed by atoms with Gasteiger partial charge >= 0.3 is 5.97 Å². The van der Waals surface area contributed by atoms with E-state index in [9.17, 15) is 22.7 Å². The summed E-state index contributed by atoms with van der Waals surface area (Å²) in [5.41, 5.74) is -0.800. The first-order valence-electron chi connectivity index (χ1n) is 6.93. The van der Waals surface area contributed by atoms with Crippen LogP contribution in [0.4, 0.5) is 4.39 Å². The minimum atomic E-state index is -4.06. The molecule has 2 unspecified atom stereocenters. The maximum absolute atomic E-state index is 12.9. The highest BCUT2D eigenvalue weighted by atomic mass is 32.2. The average Bonchev–Trinajstić information content (AvgIpc) is 3.23. The van der Waals surface area contributed by atoms with E-state index < -0.39 is 33.3 Å². The number of rotatable bonds is 5. The van der Waals surface area contributed by atoms with E-state index in [1.807, 2.05) is 0 Å². The third-order valence-electron chi connectivity index (χ3n) is 3.98. The summed E-state index contributed by atoms with van der Waals surface area (Å²) in [5, 5.41) is 9.50.